The van der Waals surface area contributed by atoms with Crippen molar-refractivity contribution < 1.29 is 9.53 Å². The van der Waals surface area contributed by atoms with Crippen molar-refractivity contribution in [3.63, 3.8) is 0 Å². The molecular weight excluding hydrogens is 252 g/mol. The third-order valence-corrected chi connectivity index (χ3v) is 4.04. The number of carbonyl (C=O) groups is 1. The second-order valence-electron chi connectivity index (χ2n) is 5.85. The summed E-state index contributed by atoms with van der Waals surface area (Å²) in [5, 5.41) is 3.33. The van der Waals surface area contributed by atoms with Crippen LogP contribution in [0.25, 0.3) is 0 Å². The average molecular weight is 276 g/mol. The molecule has 1 saturated heterocycles. The van der Waals surface area contributed by atoms with Crippen LogP contribution in [0.3, 0.4) is 0 Å². The SMILES string of the molecule is COc1ccc(CN(C)C(=O)C2(C)CCCNC2)cc1. The number of methoxy groups -OCH3 is 1. The van der Waals surface area contributed by atoms with Gasteiger partial charge in [0.05, 0.1) is 12.5 Å². The van der Waals surface area contributed by atoms with Crippen LogP contribution in [-0.2, 0) is 11.3 Å². The van der Waals surface area contributed by atoms with Gasteiger partial charge < -0.3 is 15.0 Å². The van der Waals surface area contributed by atoms with Crippen LogP contribution in [0.2, 0.25) is 0 Å². The number of carbonyl (C=O) groups excluding carboxylic acids is 1. The Balaban J connectivity index is 1.99. The summed E-state index contributed by atoms with van der Waals surface area (Å²) in [6, 6.07) is 7.86. The number of amides is 1. The second-order valence-corrected chi connectivity index (χ2v) is 5.85. The van der Waals surface area contributed by atoms with E-state index in [9.17, 15) is 4.79 Å². The summed E-state index contributed by atoms with van der Waals surface area (Å²) in [5.74, 6) is 1.06. The lowest BCUT2D eigenvalue weighted by molar-refractivity contribution is -0.141. The highest BCUT2D eigenvalue weighted by molar-refractivity contribution is 5.82. The van der Waals surface area contributed by atoms with E-state index in [0.717, 1.165) is 37.2 Å². The summed E-state index contributed by atoms with van der Waals surface area (Å²) in [6.45, 7) is 4.49. The summed E-state index contributed by atoms with van der Waals surface area (Å²) in [4.78, 5) is 14.4. The number of piperidine rings is 1. The Labute approximate surface area is 121 Å². The molecule has 4 heteroatoms. The van der Waals surface area contributed by atoms with Crippen LogP contribution < -0.4 is 10.1 Å². The van der Waals surface area contributed by atoms with Crippen molar-refractivity contribution in [2.45, 2.75) is 26.3 Å². The second kappa shape index (κ2) is 6.27. The number of nitrogens with one attached hydrogen (secondary N) is 1. The first kappa shape index (κ1) is 14.9. The zero-order valence-corrected chi connectivity index (χ0v) is 12.6. The molecule has 1 aliphatic rings. The molecule has 1 aliphatic heterocycles. The van der Waals surface area contributed by atoms with Crippen molar-refractivity contribution in [1.29, 1.82) is 0 Å². The largest absolute Gasteiger partial charge is 0.497 e. The lowest BCUT2D eigenvalue weighted by atomic mass is 9.81. The average Bonchev–Trinajstić information content (AvgIpc) is 2.48. The van der Waals surface area contributed by atoms with E-state index in [1.54, 1.807) is 7.11 Å². The van der Waals surface area contributed by atoms with Crippen LogP contribution in [0, 0.1) is 5.41 Å². The van der Waals surface area contributed by atoms with Crippen LogP contribution in [0.1, 0.15) is 25.3 Å². The van der Waals surface area contributed by atoms with E-state index in [1.165, 1.54) is 0 Å². The summed E-state index contributed by atoms with van der Waals surface area (Å²) in [6.07, 6.45) is 2.03. The summed E-state index contributed by atoms with van der Waals surface area (Å²) in [7, 11) is 3.54. The predicted octanol–water partition coefficient (Wildman–Crippen LogP) is 2.04. The van der Waals surface area contributed by atoms with Gasteiger partial charge in [0.1, 0.15) is 5.75 Å². The fourth-order valence-electron chi connectivity index (χ4n) is 2.78. The number of ether oxygens (including phenoxy) is 1. The molecule has 0 spiro atoms. The zero-order chi connectivity index (χ0) is 14.6. The molecule has 1 N–H and O–H groups in total. The number of hydrogen-bond acceptors (Lipinski definition) is 3. The third-order valence-electron chi connectivity index (χ3n) is 4.04. The first-order valence-corrected chi connectivity index (χ1v) is 7.14. The molecule has 1 atom stereocenters. The summed E-state index contributed by atoms with van der Waals surface area (Å²) >= 11 is 0. The molecule has 4 nitrogen and oxygen atoms in total. The Hall–Kier alpha value is -1.55. The summed E-state index contributed by atoms with van der Waals surface area (Å²) in [5.41, 5.74) is 0.855. The van der Waals surface area contributed by atoms with Crippen LogP contribution >= 0.6 is 0 Å². The van der Waals surface area contributed by atoms with Gasteiger partial charge in [0.2, 0.25) is 5.91 Å². The Morgan fingerprint density at radius 1 is 1.40 bits per heavy atom. The summed E-state index contributed by atoms with van der Waals surface area (Å²) < 4.78 is 5.14. The predicted molar refractivity (Wildman–Crippen MR) is 79.7 cm³/mol. The topological polar surface area (TPSA) is 41.6 Å². The van der Waals surface area contributed by atoms with E-state index in [0.29, 0.717) is 6.54 Å². The maximum Gasteiger partial charge on any atom is 0.229 e. The van der Waals surface area contributed by atoms with Crippen LogP contribution in [-0.4, -0.2) is 38.1 Å². The van der Waals surface area contributed by atoms with Crippen LogP contribution in [0.5, 0.6) is 5.75 Å². The number of nitrogens with zero attached hydrogens (tertiary/aromatic N) is 1. The molecule has 1 unspecified atom stereocenters. The highest BCUT2D eigenvalue weighted by atomic mass is 16.5. The minimum atomic E-state index is -0.264. The number of hydrogen-bond donors (Lipinski definition) is 1. The lowest BCUT2D eigenvalue weighted by Gasteiger charge is -2.36. The molecule has 1 amide bonds. The van der Waals surface area contributed by atoms with Gasteiger partial charge in [-0.2, -0.15) is 0 Å². The first-order chi connectivity index (χ1) is 9.55. The molecular formula is C16H24N2O2. The molecule has 1 heterocycles. The van der Waals surface area contributed by atoms with E-state index in [1.807, 2.05) is 36.2 Å². The smallest absolute Gasteiger partial charge is 0.229 e. The van der Waals surface area contributed by atoms with E-state index < -0.39 is 0 Å². The fourth-order valence-corrected chi connectivity index (χ4v) is 2.78. The molecule has 2 rings (SSSR count). The Morgan fingerprint density at radius 3 is 2.65 bits per heavy atom. The van der Waals surface area contributed by atoms with E-state index in [4.69, 9.17) is 4.74 Å². The van der Waals surface area contributed by atoms with Crippen molar-refractivity contribution in [2.24, 2.45) is 5.41 Å². The molecule has 0 aliphatic carbocycles. The molecule has 0 radical (unpaired) electrons. The lowest BCUT2D eigenvalue weighted by Crippen LogP contribution is -2.48. The van der Waals surface area contributed by atoms with Crippen molar-refractivity contribution in [1.82, 2.24) is 10.2 Å². The van der Waals surface area contributed by atoms with Crippen LogP contribution in [0.15, 0.2) is 24.3 Å². The van der Waals surface area contributed by atoms with E-state index >= 15 is 0 Å². The maximum atomic E-state index is 12.6. The van der Waals surface area contributed by atoms with Gasteiger partial charge in [0.15, 0.2) is 0 Å². The minimum absolute atomic E-state index is 0.223. The van der Waals surface area contributed by atoms with Gasteiger partial charge in [0.25, 0.3) is 0 Å². The fraction of sp³-hybridized carbons (Fsp3) is 0.562. The van der Waals surface area contributed by atoms with Gasteiger partial charge in [-0.05, 0) is 44.0 Å². The van der Waals surface area contributed by atoms with Gasteiger partial charge in [-0.15, -0.1) is 0 Å². The van der Waals surface area contributed by atoms with E-state index in [2.05, 4.69) is 12.2 Å². The van der Waals surface area contributed by atoms with Gasteiger partial charge in [-0.1, -0.05) is 12.1 Å². The van der Waals surface area contributed by atoms with E-state index in [-0.39, 0.29) is 11.3 Å². The standard InChI is InChI=1S/C16H24N2O2/c1-16(9-4-10-17-12-16)15(19)18(2)11-13-5-7-14(20-3)8-6-13/h5-8,17H,4,9-12H2,1-3H3. The molecule has 1 aromatic rings. The molecule has 0 bridgehead atoms. The Morgan fingerprint density at radius 2 is 2.10 bits per heavy atom. The molecule has 1 fully saturated rings. The molecule has 20 heavy (non-hydrogen) atoms. The van der Waals surface area contributed by atoms with Crippen molar-refractivity contribution in [3.8, 4) is 5.75 Å². The van der Waals surface area contributed by atoms with Gasteiger partial charge in [-0.25, -0.2) is 0 Å². The number of rotatable bonds is 4. The Bertz CT molecular complexity index is 450. The third kappa shape index (κ3) is 3.31. The van der Waals surface area contributed by atoms with Crippen LogP contribution in [0.4, 0.5) is 0 Å². The molecule has 1 aromatic carbocycles. The molecule has 0 aromatic heterocycles. The maximum absolute atomic E-state index is 12.6. The van der Waals surface area contributed by atoms with Crippen molar-refractivity contribution in [3.05, 3.63) is 29.8 Å². The monoisotopic (exact) mass is 276 g/mol. The normalized spacial score (nSPS) is 22.4. The van der Waals surface area contributed by atoms with Gasteiger partial charge in [0, 0.05) is 20.1 Å². The van der Waals surface area contributed by atoms with Gasteiger partial charge in [-0.3, -0.25) is 4.79 Å². The zero-order valence-electron chi connectivity index (χ0n) is 12.6. The molecule has 0 saturated carbocycles. The quantitative estimate of drug-likeness (QED) is 0.915. The van der Waals surface area contributed by atoms with Crippen molar-refractivity contribution in [2.75, 3.05) is 27.2 Å². The highest BCUT2D eigenvalue weighted by Crippen LogP contribution is 2.28. The van der Waals surface area contributed by atoms with Crippen molar-refractivity contribution >= 4 is 5.91 Å². The highest BCUT2D eigenvalue weighted by Gasteiger charge is 2.36. The van der Waals surface area contributed by atoms with Gasteiger partial charge >= 0.3 is 0 Å². The minimum Gasteiger partial charge on any atom is -0.497 e. The first-order valence-electron chi connectivity index (χ1n) is 7.14. The number of benzene rings is 1. The molecule has 110 valence electrons. The Kier molecular flexibility index (Phi) is 4.65.